The normalized spacial score (nSPS) is 17.2. The van der Waals surface area contributed by atoms with Gasteiger partial charge < -0.3 is 18.3 Å². The summed E-state index contributed by atoms with van der Waals surface area (Å²) in [5.74, 6) is -16.4. The average molecular weight is 745 g/mol. The van der Waals surface area contributed by atoms with Crippen molar-refractivity contribution in [1.29, 1.82) is 0 Å². The van der Waals surface area contributed by atoms with Crippen molar-refractivity contribution in [3.05, 3.63) is 81.5 Å². The molecule has 4 nitrogen and oxygen atoms in total. The third-order valence-corrected chi connectivity index (χ3v) is 12.1. The Kier molecular flexibility index (Phi) is 7.89. The number of ether oxygens (including phenoxy) is 2. The van der Waals surface area contributed by atoms with Crippen molar-refractivity contribution in [3.8, 4) is 32.8 Å². The van der Waals surface area contributed by atoms with Gasteiger partial charge in [-0.25, -0.2) is 0 Å². The molecule has 51 heavy (non-hydrogen) atoms. The van der Waals surface area contributed by atoms with Gasteiger partial charge in [0.1, 0.15) is 22.7 Å². The van der Waals surface area contributed by atoms with Crippen LogP contribution in [-0.4, -0.2) is 32.0 Å². The third kappa shape index (κ3) is 5.23. The van der Waals surface area contributed by atoms with Crippen molar-refractivity contribution in [2.75, 3.05) is 14.2 Å². The Balaban J connectivity index is 1.66. The van der Waals surface area contributed by atoms with Crippen LogP contribution in [0.2, 0.25) is 0 Å². The highest BCUT2D eigenvalue weighted by molar-refractivity contribution is 7.16. The first-order valence-electron chi connectivity index (χ1n) is 16.0. The highest BCUT2D eigenvalue weighted by Crippen LogP contribution is 2.68. The molecule has 1 aliphatic rings. The van der Waals surface area contributed by atoms with Gasteiger partial charge in [-0.3, -0.25) is 0 Å². The highest BCUT2D eigenvalue weighted by Gasteiger charge is 2.81. The number of rotatable bonds is 6. The van der Waals surface area contributed by atoms with E-state index in [0.29, 0.717) is 21.3 Å². The fourth-order valence-corrected chi connectivity index (χ4v) is 8.47. The van der Waals surface area contributed by atoms with Crippen LogP contribution >= 0.6 is 22.7 Å². The zero-order valence-corrected chi connectivity index (χ0v) is 30.6. The second kappa shape index (κ2) is 11.4. The molecule has 0 unspecified atom stereocenters. The van der Waals surface area contributed by atoms with Gasteiger partial charge in [-0.15, -0.1) is 22.7 Å². The van der Waals surface area contributed by atoms with Gasteiger partial charge in [0.15, 0.2) is 11.5 Å². The predicted octanol–water partition coefficient (Wildman–Crippen LogP) is 13.1. The van der Waals surface area contributed by atoms with Crippen molar-refractivity contribution in [2.45, 2.75) is 70.1 Å². The fraction of sp³-hybridized carbons (Fsp3) is 0.333. The Morgan fingerprint density at radius 2 is 0.922 bits per heavy atom. The number of halogens is 6. The molecule has 1 aliphatic carbocycles. The maximum absolute atomic E-state index is 16.7. The summed E-state index contributed by atoms with van der Waals surface area (Å²) in [7, 11) is 2.79. The number of hydrogen-bond acceptors (Lipinski definition) is 6. The molecule has 0 amide bonds. The summed E-state index contributed by atoms with van der Waals surface area (Å²) in [6.45, 7) is 11.7. The van der Waals surface area contributed by atoms with Crippen LogP contribution in [-0.2, 0) is 10.8 Å². The van der Waals surface area contributed by atoms with Gasteiger partial charge in [0, 0.05) is 54.9 Å². The lowest BCUT2D eigenvalue weighted by Gasteiger charge is -2.25. The molecule has 0 N–H and O–H groups in total. The lowest BCUT2D eigenvalue weighted by Crippen LogP contribution is -2.48. The summed E-state index contributed by atoms with van der Waals surface area (Å²) in [6.07, 6.45) is 0. The van der Waals surface area contributed by atoms with Crippen LogP contribution in [0.3, 0.4) is 0 Å². The van der Waals surface area contributed by atoms with Crippen LogP contribution in [0.4, 0.5) is 26.3 Å². The van der Waals surface area contributed by atoms with Crippen LogP contribution in [0, 0.1) is 0 Å². The quantitative estimate of drug-likeness (QED) is 0.159. The van der Waals surface area contributed by atoms with Crippen molar-refractivity contribution in [1.82, 2.24) is 0 Å². The maximum atomic E-state index is 16.7. The largest absolute Gasteiger partial charge is 0.497 e. The Labute approximate surface area is 298 Å². The first-order chi connectivity index (χ1) is 23.7. The van der Waals surface area contributed by atoms with Crippen LogP contribution in [0.15, 0.2) is 69.5 Å². The van der Waals surface area contributed by atoms with E-state index < -0.39 is 40.0 Å². The third-order valence-electron chi connectivity index (χ3n) is 9.10. The first-order valence-corrected chi connectivity index (χ1v) is 17.7. The van der Waals surface area contributed by atoms with Crippen molar-refractivity contribution in [3.63, 3.8) is 0 Å². The van der Waals surface area contributed by atoms with Crippen molar-refractivity contribution < 1.29 is 44.7 Å². The zero-order chi connectivity index (χ0) is 37.1. The van der Waals surface area contributed by atoms with Gasteiger partial charge in [-0.05, 0) is 59.4 Å². The van der Waals surface area contributed by atoms with E-state index in [1.165, 1.54) is 73.3 Å². The second-order valence-corrected chi connectivity index (χ2v) is 16.8. The molecule has 4 heterocycles. The van der Waals surface area contributed by atoms with E-state index in [0.717, 1.165) is 9.75 Å². The van der Waals surface area contributed by atoms with Crippen LogP contribution in [0.5, 0.6) is 11.5 Å². The van der Waals surface area contributed by atoms with Gasteiger partial charge in [-0.2, -0.15) is 26.3 Å². The van der Waals surface area contributed by atoms with Gasteiger partial charge in [0.2, 0.25) is 0 Å². The minimum absolute atomic E-state index is 0.00123. The lowest BCUT2D eigenvalue weighted by molar-refractivity contribution is -0.254. The molecule has 0 radical (unpaired) electrons. The van der Waals surface area contributed by atoms with Crippen molar-refractivity contribution in [2.24, 2.45) is 0 Å². The van der Waals surface area contributed by atoms with E-state index in [-0.39, 0.29) is 44.3 Å². The molecule has 7 rings (SSSR count). The molecule has 2 aromatic carbocycles. The molecule has 0 saturated heterocycles. The molecule has 0 spiro atoms. The van der Waals surface area contributed by atoms with Gasteiger partial charge in [-0.1, -0.05) is 41.5 Å². The van der Waals surface area contributed by atoms with Crippen LogP contribution in [0.25, 0.3) is 54.4 Å². The minimum atomic E-state index is -5.83. The van der Waals surface area contributed by atoms with E-state index in [1.807, 2.05) is 41.5 Å². The molecule has 12 heteroatoms. The number of thiophene rings is 2. The Hall–Kier alpha value is -4.16. The first kappa shape index (κ1) is 35.3. The summed E-state index contributed by atoms with van der Waals surface area (Å²) in [5, 5.41) is -0.112. The molecule has 268 valence electrons. The van der Waals surface area contributed by atoms with E-state index in [1.54, 1.807) is 24.3 Å². The zero-order valence-electron chi connectivity index (χ0n) is 29.0. The number of fused-ring (bicyclic) bond motifs is 2. The summed E-state index contributed by atoms with van der Waals surface area (Å²) in [6, 6.07) is 15.2. The highest BCUT2D eigenvalue weighted by atomic mass is 32.1. The average Bonchev–Trinajstić information content (AvgIpc) is 3.87. The van der Waals surface area contributed by atoms with Gasteiger partial charge in [0.25, 0.3) is 0 Å². The van der Waals surface area contributed by atoms with Crippen LogP contribution < -0.4 is 9.47 Å². The van der Waals surface area contributed by atoms with Crippen LogP contribution in [0.1, 0.15) is 62.4 Å². The van der Waals surface area contributed by atoms with Gasteiger partial charge in [0.05, 0.1) is 24.0 Å². The van der Waals surface area contributed by atoms with Crippen molar-refractivity contribution >= 4 is 55.8 Å². The molecular weight excluding hydrogens is 711 g/mol. The Morgan fingerprint density at radius 1 is 0.549 bits per heavy atom. The number of alkyl halides is 6. The molecule has 6 aromatic rings. The smallest absolute Gasteiger partial charge is 0.380 e. The molecule has 0 aliphatic heterocycles. The second-order valence-electron chi connectivity index (χ2n) is 14.6. The Bertz CT molecular complexity index is 2200. The maximum Gasteiger partial charge on any atom is 0.380 e. The molecule has 0 atom stereocenters. The SMILES string of the molecule is COc1ccc2c(C3=C(c4c(-c5ccc(C(C)(C)C)s5)oc5cc(OC)ccc45)C(F)(F)C(F)(F)C3(F)F)c(-c3ccc(C(C)(C)C)s3)oc2c1. The summed E-state index contributed by atoms with van der Waals surface area (Å²) in [5.41, 5.74) is -4.90. The molecule has 0 fully saturated rings. The van der Waals surface area contributed by atoms with Gasteiger partial charge >= 0.3 is 17.8 Å². The fourth-order valence-electron chi connectivity index (χ4n) is 6.37. The van der Waals surface area contributed by atoms with E-state index in [4.69, 9.17) is 18.3 Å². The molecule has 0 saturated carbocycles. The number of allylic oxidation sites excluding steroid dienone is 2. The predicted molar refractivity (Wildman–Crippen MR) is 191 cm³/mol. The lowest BCUT2D eigenvalue weighted by atomic mass is 9.90. The number of furan rings is 2. The van der Waals surface area contributed by atoms with E-state index >= 15 is 26.3 Å². The number of benzene rings is 2. The van der Waals surface area contributed by atoms with E-state index in [9.17, 15) is 0 Å². The minimum Gasteiger partial charge on any atom is -0.497 e. The standard InChI is InChI=1S/C39H34F6O4S2/c1-35(2,3)27-15-13-25(50-27)33-29(21-11-9-19(46-7)17-23(21)48-33)31-32(38(42,43)39(44,45)37(31,40)41)30-22-12-10-20(47-8)18-24(22)49-34(30)26-14-16-28(51-26)36(4,5)6/h9-18H,1-8H3. The number of methoxy groups -OCH3 is 2. The monoisotopic (exact) mass is 744 g/mol. The van der Waals surface area contributed by atoms with E-state index in [2.05, 4.69) is 0 Å². The summed E-state index contributed by atoms with van der Waals surface area (Å²) < 4.78 is 122. The summed E-state index contributed by atoms with van der Waals surface area (Å²) >= 11 is 2.41. The Morgan fingerprint density at radius 3 is 1.24 bits per heavy atom. The molecule has 0 bridgehead atoms. The molecular formula is C39H34F6O4S2. The summed E-state index contributed by atoms with van der Waals surface area (Å²) in [4.78, 5) is 2.30. The number of hydrogen-bond donors (Lipinski definition) is 0. The topological polar surface area (TPSA) is 44.7 Å². The molecule has 4 aromatic heterocycles.